The van der Waals surface area contributed by atoms with Crippen molar-refractivity contribution in [2.45, 2.75) is 20.3 Å². The van der Waals surface area contributed by atoms with E-state index in [0.717, 1.165) is 61.9 Å². The molecule has 0 spiro atoms. The number of amides is 1. The molecule has 25 heavy (non-hydrogen) atoms. The van der Waals surface area contributed by atoms with Crippen LogP contribution in [-0.2, 0) is 0 Å². The first-order valence-electron chi connectivity index (χ1n) is 8.67. The summed E-state index contributed by atoms with van der Waals surface area (Å²) in [6.07, 6.45) is 7.86. The Balaban J connectivity index is 1.75. The van der Waals surface area contributed by atoms with Gasteiger partial charge >= 0.3 is 0 Å². The molecule has 0 atom stereocenters. The van der Waals surface area contributed by atoms with Crippen molar-refractivity contribution in [3.05, 3.63) is 47.4 Å². The molecule has 1 amide bonds. The highest BCUT2D eigenvalue weighted by Crippen LogP contribution is 2.21. The zero-order valence-electron chi connectivity index (χ0n) is 14.9. The molecule has 2 aromatic rings. The van der Waals surface area contributed by atoms with Crippen molar-refractivity contribution in [3.63, 3.8) is 0 Å². The van der Waals surface area contributed by atoms with Gasteiger partial charge in [-0.2, -0.15) is 0 Å². The van der Waals surface area contributed by atoms with Crippen LogP contribution in [0.5, 0.6) is 0 Å². The number of piperazine rings is 1. The number of pyridine rings is 1. The number of carbonyl (C=O) groups is 1. The van der Waals surface area contributed by atoms with Crippen LogP contribution < -0.4 is 0 Å². The smallest absolute Gasteiger partial charge is 0.255 e. The van der Waals surface area contributed by atoms with Crippen LogP contribution in [0.15, 0.2) is 30.5 Å². The third kappa shape index (κ3) is 3.59. The number of aromatic nitrogens is 2. The molecule has 0 unspecified atom stereocenters. The third-order valence-corrected chi connectivity index (χ3v) is 4.77. The molecule has 0 aliphatic carbocycles. The van der Waals surface area contributed by atoms with Gasteiger partial charge < -0.3 is 9.47 Å². The average molecular weight is 336 g/mol. The molecular weight excluding hydrogens is 312 g/mol. The lowest BCUT2D eigenvalue weighted by Crippen LogP contribution is -2.48. The summed E-state index contributed by atoms with van der Waals surface area (Å²) in [6, 6.07) is 7.77. The van der Waals surface area contributed by atoms with Crippen LogP contribution >= 0.6 is 0 Å². The van der Waals surface area contributed by atoms with Crippen molar-refractivity contribution in [3.8, 4) is 18.2 Å². The van der Waals surface area contributed by atoms with Gasteiger partial charge in [-0.25, -0.2) is 4.98 Å². The van der Waals surface area contributed by atoms with Crippen LogP contribution in [0, 0.1) is 26.2 Å². The van der Waals surface area contributed by atoms with Gasteiger partial charge in [-0.05, 0) is 32.0 Å². The molecule has 3 rings (SSSR count). The van der Waals surface area contributed by atoms with Gasteiger partial charge in [-0.15, -0.1) is 12.3 Å². The van der Waals surface area contributed by atoms with Gasteiger partial charge in [0, 0.05) is 56.7 Å². The zero-order valence-corrected chi connectivity index (χ0v) is 14.9. The van der Waals surface area contributed by atoms with E-state index >= 15 is 0 Å². The van der Waals surface area contributed by atoms with E-state index < -0.39 is 0 Å². The summed E-state index contributed by atoms with van der Waals surface area (Å²) >= 11 is 0. The van der Waals surface area contributed by atoms with Crippen LogP contribution in [0.25, 0.3) is 5.82 Å². The Morgan fingerprint density at radius 2 is 2.00 bits per heavy atom. The van der Waals surface area contributed by atoms with Gasteiger partial charge in [0.25, 0.3) is 5.91 Å². The van der Waals surface area contributed by atoms with Crippen LogP contribution in [-0.4, -0.2) is 58.0 Å². The Morgan fingerprint density at radius 1 is 1.24 bits per heavy atom. The maximum Gasteiger partial charge on any atom is 0.255 e. The van der Waals surface area contributed by atoms with Crippen molar-refractivity contribution in [1.29, 1.82) is 0 Å². The van der Waals surface area contributed by atoms with Gasteiger partial charge in [-0.1, -0.05) is 6.07 Å². The second-order valence-corrected chi connectivity index (χ2v) is 6.40. The minimum absolute atomic E-state index is 0.104. The molecule has 1 fully saturated rings. The molecule has 0 bridgehead atoms. The second kappa shape index (κ2) is 7.54. The highest BCUT2D eigenvalue weighted by atomic mass is 16.2. The largest absolute Gasteiger partial charge is 0.336 e. The van der Waals surface area contributed by atoms with E-state index in [9.17, 15) is 4.79 Å². The standard InChI is InChI=1S/C20H24N4O/c1-4-5-10-22-11-13-23(14-12-22)20(25)18-15-16(2)24(17(18)3)19-8-6-7-9-21-19/h1,6-9,15H,5,10-14H2,2-3H3. The lowest BCUT2D eigenvalue weighted by molar-refractivity contribution is 0.0639. The molecule has 130 valence electrons. The maximum absolute atomic E-state index is 13.0. The highest BCUT2D eigenvalue weighted by Gasteiger charge is 2.25. The average Bonchev–Trinajstić information content (AvgIpc) is 2.95. The molecule has 5 nitrogen and oxygen atoms in total. The summed E-state index contributed by atoms with van der Waals surface area (Å²) in [7, 11) is 0. The molecule has 1 saturated heterocycles. The summed E-state index contributed by atoms with van der Waals surface area (Å²) in [4.78, 5) is 21.7. The van der Waals surface area contributed by atoms with Gasteiger partial charge in [0.1, 0.15) is 5.82 Å². The van der Waals surface area contributed by atoms with E-state index in [1.807, 2.05) is 47.6 Å². The maximum atomic E-state index is 13.0. The minimum Gasteiger partial charge on any atom is -0.336 e. The van der Waals surface area contributed by atoms with Gasteiger partial charge in [0.05, 0.1) is 5.56 Å². The summed E-state index contributed by atoms with van der Waals surface area (Å²) in [5, 5.41) is 0. The van der Waals surface area contributed by atoms with Crippen LogP contribution in [0.3, 0.4) is 0 Å². The number of aryl methyl sites for hydroxylation is 1. The molecule has 0 radical (unpaired) electrons. The number of hydrogen-bond acceptors (Lipinski definition) is 3. The van der Waals surface area contributed by atoms with Crippen molar-refractivity contribution >= 4 is 5.91 Å². The number of carbonyl (C=O) groups excluding carboxylic acids is 1. The summed E-state index contributed by atoms with van der Waals surface area (Å²) in [6.45, 7) is 8.16. The normalized spacial score (nSPS) is 15.2. The highest BCUT2D eigenvalue weighted by molar-refractivity contribution is 5.96. The molecule has 2 aromatic heterocycles. The Labute approximate surface area is 149 Å². The number of nitrogens with zero attached hydrogens (tertiary/aromatic N) is 4. The van der Waals surface area contributed by atoms with Crippen LogP contribution in [0.1, 0.15) is 28.2 Å². The third-order valence-electron chi connectivity index (χ3n) is 4.77. The quantitative estimate of drug-likeness (QED) is 0.805. The Kier molecular flexibility index (Phi) is 5.20. The number of terminal acetylenes is 1. The Hall–Kier alpha value is -2.58. The fourth-order valence-electron chi connectivity index (χ4n) is 3.39. The van der Waals surface area contributed by atoms with E-state index in [1.54, 1.807) is 6.20 Å². The summed E-state index contributed by atoms with van der Waals surface area (Å²) in [5.74, 6) is 3.62. The van der Waals surface area contributed by atoms with Crippen LogP contribution in [0.4, 0.5) is 0 Å². The van der Waals surface area contributed by atoms with Crippen molar-refractivity contribution < 1.29 is 4.79 Å². The van der Waals surface area contributed by atoms with Crippen molar-refractivity contribution in [2.75, 3.05) is 32.7 Å². The van der Waals surface area contributed by atoms with Gasteiger partial charge in [0.2, 0.25) is 0 Å². The van der Waals surface area contributed by atoms with Crippen molar-refractivity contribution in [2.24, 2.45) is 0 Å². The molecule has 0 N–H and O–H groups in total. The lowest BCUT2D eigenvalue weighted by Gasteiger charge is -2.34. The molecule has 0 aromatic carbocycles. The molecule has 0 saturated carbocycles. The number of hydrogen-bond donors (Lipinski definition) is 0. The molecule has 1 aliphatic rings. The lowest BCUT2D eigenvalue weighted by atomic mass is 10.2. The van der Waals surface area contributed by atoms with Crippen molar-refractivity contribution in [1.82, 2.24) is 19.4 Å². The van der Waals surface area contributed by atoms with Crippen LogP contribution in [0.2, 0.25) is 0 Å². The fourth-order valence-corrected chi connectivity index (χ4v) is 3.39. The fraction of sp³-hybridized carbons (Fsp3) is 0.400. The SMILES string of the molecule is C#CCCN1CCN(C(=O)c2cc(C)n(-c3ccccn3)c2C)CC1. The van der Waals surface area contributed by atoms with E-state index in [2.05, 4.69) is 15.8 Å². The topological polar surface area (TPSA) is 41.4 Å². The summed E-state index contributed by atoms with van der Waals surface area (Å²) in [5.41, 5.74) is 2.73. The zero-order chi connectivity index (χ0) is 17.8. The van der Waals surface area contributed by atoms with E-state index in [1.165, 1.54) is 0 Å². The van der Waals surface area contributed by atoms with E-state index in [4.69, 9.17) is 6.42 Å². The van der Waals surface area contributed by atoms with Gasteiger partial charge in [-0.3, -0.25) is 9.69 Å². The Bertz CT molecular complexity index is 780. The molecule has 1 aliphatic heterocycles. The molecular formula is C20H24N4O. The monoisotopic (exact) mass is 336 g/mol. The first-order valence-corrected chi connectivity index (χ1v) is 8.67. The predicted molar refractivity (Wildman–Crippen MR) is 98.8 cm³/mol. The van der Waals surface area contributed by atoms with E-state index in [-0.39, 0.29) is 5.91 Å². The summed E-state index contributed by atoms with van der Waals surface area (Å²) < 4.78 is 2.04. The minimum atomic E-state index is 0.104. The second-order valence-electron chi connectivity index (χ2n) is 6.40. The van der Waals surface area contributed by atoms with E-state index in [0.29, 0.717) is 0 Å². The first kappa shape index (κ1) is 17.2. The van der Waals surface area contributed by atoms with Gasteiger partial charge in [0.15, 0.2) is 0 Å². The predicted octanol–water partition coefficient (Wildman–Crippen LogP) is 2.27. The first-order chi connectivity index (χ1) is 12.1. The number of rotatable bonds is 4. The molecule has 3 heterocycles. The molecule has 5 heteroatoms. The Morgan fingerprint density at radius 3 is 2.64 bits per heavy atom.